The van der Waals surface area contributed by atoms with Crippen molar-refractivity contribution in [3.63, 3.8) is 0 Å². The molecule has 2 amide bonds. The Kier molecular flexibility index (Phi) is 4.02. The first-order valence-electron chi connectivity index (χ1n) is 6.87. The SMILES string of the molecule is CC(C)CCC(=O)c1ccc2c(c1)C(=O)N(C)C(=O)C2. The van der Waals surface area contributed by atoms with Crippen molar-refractivity contribution >= 4 is 17.6 Å². The third-order valence-electron chi connectivity index (χ3n) is 3.63. The van der Waals surface area contributed by atoms with Crippen LogP contribution in [0.1, 0.15) is 53.0 Å². The number of carbonyl (C=O) groups is 3. The number of fused-ring (bicyclic) bond motifs is 1. The Labute approximate surface area is 118 Å². The first-order valence-corrected chi connectivity index (χ1v) is 6.87. The van der Waals surface area contributed by atoms with Crippen LogP contribution in [0.3, 0.4) is 0 Å². The monoisotopic (exact) mass is 273 g/mol. The van der Waals surface area contributed by atoms with E-state index >= 15 is 0 Å². The lowest BCUT2D eigenvalue weighted by molar-refractivity contribution is -0.127. The van der Waals surface area contributed by atoms with Crippen LogP contribution in [0.4, 0.5) is 0 Å². The first-order chi connectivity index (χ1) is 9.40. The Morgan fingerprint density at radius 3 is 2.65 bits per heavy atom. The average molecular weight is 273 g/mol. The summed E-state index contributed by atoms with van der Waals surface area (Å²) >= 11 is 0. The van der Waals surface area contributed by atoms with Crippen LogP contribution in [0.25, 0.3) is 0 Å². The number of hydrogen-bond donors (Lipinski definition) is 0. The van der Waals surface area contributed by atoms with Crippen molar-refractivity contribution in [1.29, 1.82) is 0 Å². The zero-order chi connectivity index (χ0) is 14.9. The Bertz CT molecular complexity index is 575. The second-order valence-corrected chi connectivity index (χ2v) is 5.66. The maximum absolute atomic E-state index is 12.1. The number of Topliss-reactive ketones (excluding diaryl/α,β-unsaturated/α-hetero) is 1. The molecule has 0 spiro atoms. The van der Waals surface area contributed by atoms with Crippen molar-refractivity contribution in [2.75, 3.05) is 7.05 Å². The van der Waals surface area contributed by atoms with Crippen LogP contribution in [0, 0.1) is 5.92 Å². The van der Waals surface area contributed by atoms with Crippen LogP contribution in [0.15, 0.2) is 18.2 Å². The lowest BCUT2D eigenvalue weighted by Gasteiger charge is -2.23. The Morgan fingerprint density at radius 1 is 1.30 bits per heavy atom. The highest BCUT2D eigenvalue weighted by molar-refractivity contribution is 6.10. The standard InChI is InChI=1S/C16H19NO3/c1-10(2)4-7-14(18)12-6-5-11-9-15(19)17(3)16(20)13(11)8-12/h5-6,8,10H,4,7,9H2,1-3H3. The fourth-order valence-corrected chi connectivity index (χ4v) is 2.24. The minimum Gasteiger partial charge on any atom is -0.294 e. The third-order valence-corrected chi connectivity index (χ3v) is 3.63. The van der Waals surface area contributed by atoms with Crippen LogP contribution in [0.5, 0.6) is 0 Å². The predicted molar refractivity (Wildman–Crippen MR) is 75.6 cm³/mol. The summed E-state index contributed by atoms with van der Waals surface area (Å²) in [5.74, 6) is -0.00744. The number of hydrogen-bond acceptors (Lipinski definition) is 3. The van der Waals surface area contributed by atoms with E-state index in [4.69, 9.17) is 0 Å². The first kappa shape index (κ1) is 14.4. The van der Waals surface area contributed by atoms with Crippen molar-refractivity contribution in [3.8, 4) is 0 Å². The van der Waals surface area contributed by atoms with E-state index in [1.807, 2.05) is 0 Å². The summed E-state index contributed by atoms with van der Waals surface area (Å²) in [6.45, 7) is 4.15. The van der Waals surface area contributed by atoms with Crippen molar-refractivity contribution in [2.24, 2.45) is 5.92 Å². The van der Waals surface area contributed by atoms with E-state index in [1.54, 1.807) is 18.2 Å². The lowest BCUT2D eigenvalue weighted by Crippen LogP contribution is -2.39. The summed E-state index contributed by atoms with van der Waals surface area (Å²) in [6.07, 6.45) is 1.54. The number of amides is 2. The Morgan fingerprint density at radius 2 is 2.00 bits per heavy atom. The molecular weight excluding hydrogens is 254 g/mol. The highest BCUT2D eigenvalue weighted by Crippen LogP contribution is 2.21. The molecule has 4 heteroatoms. The zero-order valence-corrected chi connectivity index (χ0v) is 12.1. The molecule has 0 N–H and O–H groups in total. The largest absolute Gasteiger partial charge is 0.294 e. The molecule has 0 unspecified atom stereocenters. The van der Waals surface area contributed by atoms with E-state index in [0.29, 0.717) is 29.0 Å². The van der Waals surface area contributed by atoms with E-state index in [1.165, 1.54) is 7.05 Å². The molecule has 0 radical (unpaired) electrons. The molecule has 0 saturated carbocycles. The van der Waals surface area contributed by atoms with Crippen LogP contribution in [-0.4, -0.2) is 29.5 Å². The maximum Gasteiger partial charge on any atom is 0.260 e. The highest BCUT2D eigenvalue weighted by Gasteiger charge is 2.28. The molecule has 0 bridgehead atoms. The minimum absolute atomic E-state index is 0.0499. The number of ketones is 1. The quantitative estimate of drug-likeness (QED) is 0.625. The topological polar surface area (TPSA) is 54.5 Å². The van der Waals surface area contributed by atoms with Gasteiger partial charge in [0.25, 0.3) is 5.91 Å². The second-order valence-electron chi connectivity index (χ2n) is 5.66. The number of imide groups is 1. The van der Waals surface area contributed by atoms with Crippen molar-refractivity contribution in [2.45, 2.75) is 33.1 Å². The summed E-state index contributed by atoms with van der Waals surface area (Å²) in [7, 11) is 1.47. The van der Waals surface area contributed by atoms with Crippen LogP contribution < -0.4 is 0 Å². The van der Waals surface area contributed by atoms with Gasteiger partial charge in [-0.25, -0.2) is 0 Å². The molecule has 1 aromatic rings. The van der Waals surface area contributed by atoms with Gasteiger partial charge in [-0.15, -0.1) is 0 Å². The number of nitrogens with zero attached hydrogens (tertiary/aromatic N) is 1. The average Bonchev–Trinajstić information content (AvgIpc) is 2.42. The van der Waals surface area contributed by atoms with E-state index in [-0.39, 0.29) is 24.0 Å². The number of carbonyl (C=O) groups excluding carboxylic acids is 3. The van der Waals surface area contributed by atoms with E-state index in [2.05, 4.69) is 13.8 Å². The van der Waals surface area contributed by atoms with E-state index in [9.17, 15) is 14.4 Å². The number of rotatable bonds is 4. The molecule has 0 aromatic heterocycles. The normalized spacial score (nSPS) is 14.7. The van der Waals surface area contributed by atoms with Gasteiger partial charge in [-0.1, -0.05) is 26.0 Å². The molecule has 20 heavy (non-hydrogen) atoms. The summed E-state index contributed by atoms with van der Waals surface area (Å²) in [4.78, 5) is 36.9. The number of likely N-dealkylation sites (N-methyl/N-ethyl adjacent to an activating group) is 1. The van der Waals surface area contributed by atoms with Crippen molar-refractivity contribution in [1.82, 2.24) is 4.90 Å². The molecule has 1 heterocycles. The molecule has 4 nitrogen and oxygen atoms in total. The van der Waals surface area contributed by atoms with Gasteiger partial charge >= 0.3 is 0 Å². The van der Waals surface area contributed by atoms with Gasteiger partial charge in [0.1, 0.15) is 0 Å². The van der Waals surface area contributed by atoms with E-state index in [0.717, 1.165) is 11.3 Å². The van der Waals surface area contributed by atoms with Crippen LogP contribution in [-0.2, 0) is 11.2 Å². The van der Waals surface area contributed by atoms with Crippen LogP contribution >= 0.6 is 0 Å². The van der Waals surface area contributed by atoms with Gasteiger partial charge in [0, 0.05) is 24.6 Å². The maximum atomic E-state index is 12.1. The predicted octanol–water partition coefficient (Wildman–Crippen LogP) is 2.46. The third kappa shape index (κ3) is 2.79. The highest BCUT2D eigenvalue weighted by atomic mass is 16.2. The molecule has 1 aliphatic heterocycles. The molecule has 0 fully saturated rings. The van der Waals surface area contributed by atoms with Gasteiger partial charge in [0.2, 0.25) is 5.91 Å². The molecule has 0 aliphatic carbocycles. The van der Waals surface area contributed by atoms with Gasteiger partial charge in [0.15, 0.2) is 5.78 Å². The molecular formula is C16H19NO3. The van der Waals surface area contributed by atoms with Gasteiger partial charge in [-0.05, 0) is 24.0 Å². The van der Waals surface area contributed by atoms with Crippen molar-refractivity contribution in [3.05, 3.63) is 34.9 Å². The molecule has 0 saturated heterocycles. The van der Waals surface area contributed by atoms with Gasteiger partial charge < -0.3 is 0 Å². The molecule has 1 aliphatic rings. The van der Waals surface area contributed by atoms with Gasteiger partial charge in [-0.2, -0.15) is 0 Å². The molecule has 2 rings (SSSR count). The summed E-state index contributed by atoms with van der Waals surface area (Å²) in [5.41, 5.74) is 1.74. The summed E-state index contributed by atoms with van der Waals surface area (Å²) in [6, 6.07) is 5.07. The fraction of sp³-hybridized carbons (Fsp3) is 0.438. The van der Waals surface area contributed by atoms with Gasteiger partial charge in [-0.3, -0.25) is 19.3 Å². The van der Waals surface area contributed by atoms with Crippen LogP contribution in [0.2, 0.25) is 0 Å². The van der Waals surface area contributed by atoms with Gasteiger partial charge in [0.05, 0.1) is 6.42 Å². The number of benzene rings is 1. The Balaban J connectivity index is 2.26. The zero-order valence-electron chi connectivity index (χ0n) is 12.1. The molecule has 0 atom stereocenters. The summed E-state index contributed by atoms with van der Waals surface area (Å²) < 4.78 is 0. The Hall–Kier alpha value is -1.97. The minimum atomic E-state index is -0.324. The lowest BCUT2D eigenvalue weighted by atomic mass is 9.93. The molecule has 106 valence electrons. The molecule has 1 aromatic carbocycles. The smallest absolute Gasteiger partial charge is 0.260 e. The van der Waals surface area contributed by atoms with E-state index < -0.39 is 0 Å². The van der Waals surface area contributed by atoms with Crippen molar-refractivity contribution < 1.29 is 14.4 Å². The second kappa shape index (κ2) is 5.57. The fourth-order valence-electron chi connectivity index (χ4n) is 2.24. The summed E-state index contributed by atoms with van der Waals surface area (Å²) in [5, 5.41) is 0.